The Kier molecular flexibility index (Phi) is 5.44. The van der Waals surface area contributed by atoms with Gasteiger partial charge >= 0.3 is 12.0 Å². The van der Waals surface area contributed by atoms with Crippen molar-refractivity contribution in [3.05, 3.63) is 29.0 Å². The molecular formula is C17H21ClFN3O3. The van der Waals surface area contributed by atoms with Crippen molar-refractivity contribution in [3.63, 3.8) is 0 Å². The highest BCUT2D eigenvalue weighted by atomic mass is 35.5. The molecule has 25 heavy (non-hydrogen) atoms. The fourth-order valence-electron chi connectivity index (χ4n) is 3.09. The van der Waals surface area contributed by atoms with Gasteiger partial charge in [0.05, 0.1) is 12.2 Å². The third-order valence-electron chi connectivity index (χ3n) is 4.67. The lowest BCUT2D eigenvalue weighted by Crippen LogP contribution is -2.55. The van der Waals surface area contributed by atoms with Gasteiger partial charge in [0.1, 0.15) is 5.82 Å². The van der Waals surface area contributed by atoms with Gasteiger partial charge < -0.3 is 15.7 Å². The molecule has 2 fully saturated rings. The van der Waals surface area contributed by atoms with E-state index < -0.39 is 17.8 Å². The van der Waals surface area contributed by atoms with Crippen molar-refractivity contribution < 1.29 is 19.1 Å². The molecular weight excluding hydrogens is 349 g/mol. The molecule has 136 valence electrons. The molecule has 2 aliphatic rings. The van der Waals surface area contributed by atoms with Gasteiger partial charge in [0.25, 0.3) is 0 Å². The molecule has 3 rings (SSSR count). The summed E-state index contributed by atoms with van der Waals surface area (Å²) in [6.45, 7) is 0.849. The number of carboxylic acid groups (broad SMARTS) is 1. The molecule has 1 aromatic carbocycles. The van der Waals surface area contributed by atoms with Crippen LogP contribution >= 0.6 is 11.6 Å². The molecule has 0 aliphatic heterocycles. The van der Waals surface area contributed by atoms with E-state index in [1.54, 1.807) is 0 Å². The van der Waals surface area contributed by atoms with Crippen LogP contribution in [-0.4, -0.2) is 47.2 Å². The first-order chi connectivity index (χ1) is 11.9. The molecule has 0 aromatic heterocycles. The van der Waals surface area contributed by atoms with Crippen molar-refractivity contribution in [2.24, 2.45) is 5.92 Å². The van der Waals surface area contributed by atoms with Crippen LogP contribution in [0.25, 0.3) is 0 Å². The Morgan fingerprint density at radius 2 is 2.04 bits per heavy atom. The van der Waals surface area contributed by atoms with Gasteiger partial charge in [-0.05, 0) is 49.8 Å². The molecule has 1 aromatic rings. The van der Waals surface area contributed by atoms with E-state index in [-0.39, 0.29) is 29.3 Å². The van der Waals surface area contributed by atoms with Crippen molar-refractivity contribution in [2.75, 3.05) is 18.4 Å². The normalized spacial score (nSPS) is 22.4. The number of carboxylic acids is 1. The Bertz CT molecular complexity index is 663. The molecule has 0 bridgehead atoms. The Hall–Kier alpha value is -1.86. The van der Waals surface area contributed by atoms with E-state index >= 15 is 0 Å². The number of carbonyl (C=O) groups excluding carboxylic acids is 1. The van der Waals surface area contributed by atoms with E-state index in [1.807, 2.05) is 4.90 Å². The van der Waals surface area contributed by atoms with E-state index in [1.165, 1.54) is 25.0 Å². The number of carbonyl (C=O) groups is 2. The molecule has 0 saturated heterocycles. The van der Waals surface area contributed by atoms with Crippen LogP contribution in [0.3, 0.4) is 0 Å². The average molecular weight is 370 g/mol. The number of aliphatic carboxylic acids is 1. The molecule has 2 aliphatic carbocycles. The predicted octanol–water partition coefficient (Wildman–Crippen LogP) is 2.93. The maximum atomic E-state index is 13.7. The third-order valence-corrected chi connectivity index (χ3v) is 4.91. The van der Waals surface area contributed by atoms with Crippen molar-refractivity contribution in [1.82, 2.24) is 10.2 Å². The summed E-state index contributed by atoms with van der Waals surface area (Å²) in [4.78, 5) is 25.0. The van der Waals surface area contributed by atoms with Crippen LogP contribution in [0.4, 0.5) is 14.9 Å². The quantitative estimate of drug-likeness (QED) is 0.690. The van der Waals surface area contributed by atoms with Crippen molar-refractivity contribution in [3.8, 4) is 0 Å². The lowest BCUT2D eigenvalue weighted by atomic mass is 9.85. The van der Waals surface area contributed by atoms with Gasteiger partial charge in [0, 0.05) is 23.7 Å². The summed E-state index contributed by atoms with van der Waals surface area (Å²) in [5.41, 5.74) is 0.0685. The molecule has 0 atom stereocenters. The third kappa shape index (κ3) is 5.06. The number of nitrogens with zero attached hydrogens (tertiary/aromatic N) is 1. The molecule has 0 radical (unpaired) electrons. The number of amides is 2. The highest BCUT2D eigenvalue weighted by Gasteiger charge is 2.37. The first-order valence-corrected chi connectivity index (χ1v) is 8.77. The second-order valence-electron chi connectivity index (χ2n) is 6.81. The second-order valence-corrected chi connectivity index (χ2v) is 7.25. The summed E-state index contributed by atoms with van der Waals surface area (Å²) < 4.78 is 13.7. The highest BCUT2D eigenvalue weighted by Crippen LogP contribution is 2.33. The largest absolute Gasteiger partial charge is 0.480 e. The van der Waals surface area contributed by atoms with E-state index in [9.17, 15) is 14.0 Å². The second kappa shape index (κ2) is 7.58. The zero-order valence-electron chi connectivity index (χ0n) is 13.7. The Balaban J connectivity index is 1.45. The molecule has 0 heterocycles. The number of benzene rings is 1. The summed E-state index contributed by atoms with van der Waals surface area (Å²) in [7, 11) is 0. The fourth-order valence-corrected chi connectivity index (χ4v) is 3.25. The van der Waals surface area contributed by atoms with Gasteiger partial charge in [0.15, 0.2) is 0 Å². The lowest BCUT2D eigenvalue weighted by Gasteiger charge is -2.42. The molecule has 0 unspecified atom stereocenters. The first kappa shape index (κ1) is 17.9. The number of nitrogens with one attached hydrogen (secondary N) is 2. The van der Waals surface area contributed by atoms with Crippen LogP contribution in [0.2, 0.25) is 5.02 Å². The van der Waals surface area contributed by atoms with Crippen LogP contribution in [0.15, 0.2) is 18.2 Å². The molecule has 3 N–H and O–H groups in total. The van der Waals surface area contributed by atoms with Gasteiger partial charge in [-0.1, -0.05) is 11.6 Å². The Morgan fingerprint density at radius 3 is 2.64 bits per heavy atom. The minimum absolute atomic E-state index is 0.0316. The minimum Gasteiger partial charge on any atom is -0.480 e. The summed E-state index contributed by atoms with van der Waals surface area (Å²) in [6, 6.07) is 3.71. The van der Waals surface area contributed by atoms with Gasteiger partial charge in [-0.15, -0.1) is 0 Å². The number of urea groups is 1. The van der Waals surface area contributed by atoms with Gasteiger partial charge in [0.2, 0.25) is 0 Å². The molecule has 0 spiro atoms. The number of hydrogen-bond acceptors (Lipinski definition) is 3. The number of hydrogen-bond donors (Lipinski definition) is 3. The maximum Gasteiger partial charge on any atom is 0.319 e. The standard InChI is InChI=1S/C17H21ClFN3O3/c18-11-3-4-15(14(19)5-11)21-17(25)20-12-6-13(7-12)22(9-16(23)24)8-10-1-2-10/h3-5,10,12-13H,1-2,6-9H2,(H,23,24)(H2,20,21,25). The summed E-state index contributed by atoms with van der Waals surface area (Å²) in [5.74, 6) is -0.804. The predicted molar refractivity (Wildman–Crippen MR) is 92.3 cm³/mol. The Morgan fingerprint density at radius 1 is 1.32 bits per heavy atom. The van der Waals surface area contributed by atoms with Crippen LogP contribution in [-0.2, 0) is 4.79 Å². The van der Waals surface area contributed by atoms with Crippen LogP contribution in [0.1, 0.15) is 25.7 Å². The average Bonchev–Trinajstić information content (AvgIpc) is 3.28. The molecule has 2 amide bonds. The Labute approximate surface area is 150 Å². The smallest absolute Gasteiger partial charge is 0.319 e. The van der Waals surface area contributed by atoms with Crippen LogP contribution < -0.4 is 10.6 Å². The van der Waals surface area contributed by atoms with Crippen molar-refractivity contribution in [2.45, 2.75) is 37.8 Å². The highest BCUT2D eigenvalue weighted by molar-refractivity contribution is 6.30. The zero-order chi connectivity index (χ0) is 18.0. The first-order valence-electron chi connectivity index (χ1n) is 8.39. The number of rotatable bonds is 7. The zero-order valence-corrected chi connectivity index (χ0v) is 14.4. The molecule has 8 heteroatoms. The van der Waals surface area contributed by atoms with Crippen LogP contribution in [0.5, 0.6) is 0 Å². The van der Waals surface area contributed by atoms with E-state index in [0.717, 1.165) is 12.6 Å². The SMILES string of the molecule is O=C(O)CN(CC1CC1)C1CC(NC(=O)Nc2ccc(Cl)cc2F)C1. The maximum absolute atomic E-state index is 13.7. The van der Waals surface area contributed by atoms with Crippen LogP contribution in [0, 0.1) is 11.7 Å². The number of anilines is 1. The monoisotopic (exact) mass is 369 g/mol. The van der Waals surface area contributed by atoms with Crippen molar-refractivity contribution in [1.29, 1.82) is 0 Å². The number of halogens is 2. The summed E-state index contributed by atoms with van der Waals surface area (Å²) in [5, 5.41) is 14.6. The van der Waals surface area contributed by atoms with Gasteiger partial charge in [-0.25, -0.2) is 9.18 Å². The van der Waals surface area contributed by atoms with E-state index in [0.29, 0.717) is 18.8 Å². The van der Waals surface area contributed by atoms with E-state index in [4.69, 9.17) is 16.7 Å². The molecule has 6 nitrogen and oxygen atoms in total. The van der Waals surface area contributed by atoms with Gasteiger partial charge in [-0.3, -0.25) is 9.69 Å². The fraction of sp³-hybridized carbons (Fsp3) is 0.529. The van der Waals surface area contributed by atoms with E-state index in [2.05, 4.69) is 10.6 Å². The summed E-state index contributed by atoms with van der Waals surface area (Å²) >= 11 is 5.68. The van der Waals surface area contributed by atoms with Gasteiger partial charge in [-0.2, -0.15) is 0 Å². The van der Waals surface area contributed by atoms with Crippen molar-refractivity contribution >= 4 is 29.3 Å². The lowest BCUT2D eigenvalue weighted by molar-refractivity contribution is -0.139. The topological polar surface area (TPSA) is 81.7 Å². The summed E-state index contributed by atoms with van der Waals surface area (Å²) in [6.07, 6.45) is 3.74. The minimum atomic E-state index is -0.826. The molecule has 2 saturated carbocycles.